The van der Waals surface area contributed by atoms with Crippen molar-refractivity contribution < 1.29 is 9.53 Å². The number of ether oxygens (including phenoxy) is 1. The first-order chi connectivity index (χ1) is 10.3. The minimum atomic E-state index is 0.175. The number of fused-ring (bicyclic) bond motifs is 1. The van der Waals surface area contributed by atoms with E-state index in [2.05, 4.69) is 17.1 Å². The summed E-state index contributed by atoms with van der Waals surface area (Å²) in [7, 11) is 1.67. The quantitative estimate of drug-likeness (QED) is 0.804. The van der Waals surface area contributed by atoms with Crippen LogP contribution in [-0.2, 0) is 11.2 Å². The number of methoxy groups -OCH3 is 1. The second-order valence-corrected chi connectivity index (χ2v) is 6.22. The lowest BCUT2D eigenvalue weighted by Gasteiger charge is -2.11. The molecule has 3 rings (SSSR count). The van der Waals surface area contributed by atoms with Crippen molar-refractivity contribution in [1.82, 2.24) is 4.98 Å². The number of rotatable bonds is 4. The average molecular weight is 299 g/mol. The van der Waals surface area contributed by atoms with Crippen LogP contribution in [0.3, 0.4) is 0 Å². The molecule has 1 heterocycles. The van der Waals surface area contributed by atoms with E-state index in [4.69, 9.17) is 4.74 Å². The minimum absolute atomic E-state index is 0.175. The molecular formula is C17H17NO2S. The third-order valence-corrected chi connectivity index (χ3v) is 4.67. The molecular weight excluding hydrogens is 282 g/mol. The van der Waals surface area contributed by atoms with Crippen LogP contribution in [0.2, 0.25) is 0 Å². The zero-order valence-electron chi connectivity index (χ0n) is 11.9. The van der Waals surface area contributed by atoms with Gasteiger partial charge in [0.2, 0.25) is 0 Å². The lowest BCUT2D eigenvalue weighted by molar-refractivity contribution is -0.111. The topological polar surface area (TPSA) is 39.2 Å². The van der Waals surface area contributed by atoms with E-state index in [0.717, 1.165) is 23.6 Å². The van der Waals surface area contributed by atoms with Gasteiger partial charge in [-0.3, -0.25) is 4.79 Å². The molecule has 1 aliphatic carbocycles. The van der Waals surface area contributed by atoms with Gasteiger partial charge < -0.3 is 4.74 Å². The predicted octanol–water partition coefficient (Wildman–Crippen LogP) is 3.83. The van der Waals surface area contributed by atoms with Gasteiger partial charge in [-0.25, -0.2) is 4.98 Å². The van der Waals surface area contributed by atoms with E-state index in [0.29, 0.717) is 12.3 Å². The normalized spacial score (nSPS) is 16.5. The molecule has 21 heavy (non-hydrogen) atoms. The molecule has 0 N–H and O–H groups in total. The van der Waals surface area contributed by atoms with E-state index >= 15 is 0 Å². The summed E-state index contributed by atoms with van der Waals surface area (Å²) in [5.41, 5.74) is 2.61. The molecule has 0 saturated carbocycles. The molecule has 1 aliphatic rings. The summed E-state index contributed by atoms with van der Waals surface area (Å²) < 4.78 is 5.29. The van der Waals surface area contributed by atoms with Crippen LogP contribution in [0, 0.1) is 0 Å². The number of carbonyl (C=O) groups excluding carboxylic acids is 1. The Bertz CT molecular complexity index is 642. The van der Waals surface area contributed by atoms with Crippen LogP contribution in [0.25, 0.3) is 0 Å². The fraction of sp³-hybridized carbons (Fsp3) is 0.294. The molecule has 0 spiro atoms. The van der Waals surface area contributed by atoms with Gasteiger partial charge in [0.25, 0.3) is 0 Å². The number of aromatic nitrogens is 1. The Balaban J connectivity index is 1.69. The number of carbonyl (C=O) groups is 1. The molecule has 0 amide bonds. The molecule has 3 nitrogen and oxygen atoms in total. The van der Waals surface area contributed by atoms with E-state index < -0.39 is 0 Å². The maximum atomic E-state index is 12.2. The van der Waals surface area contributed by atoms with Crippen LogP contribution in [0.15, 0.2) is 47.6 Å². The summed E-state index contributed by atoms with van der Waals surface area (Å²) in [6, 6.07) is 11.8. The Morgan fingerprint density at radius 1 is 1.38 bits per heavy atom. The van der Waals surface area contributed by atoms with Crippen LogP contribution >= 0.6 is 11.8 Å². The van der Waals surface area contributed by atoms with Crippen molar-refractivity contribution in [3.05, 3.63) is 53.7 Å². The Hall–Kier alpha value is -1.81. The first kappa shape index (κ1) is 14.1. The van der Waals surface area contributed by atoms with Crippen molar-refractivity contribution >= 4 is 16.9 Å². The second-order valence-electron chi connectivity index (χ2n) is 5.15. The number of hydrogen-bond acceptors (Lipinski definition) is 4. The third-order valence-electron chi connectivity index (χ3n) is 3.82. The van der Waals surface area contributed by atoms with Crippen molar-refractivity contribution in [3.63, 3.8) is 0 Å². The fourth-order valence-corrected chi connectivity index (χ4v) is 3.55. The summed E-state index contributed by atoms with van der Waals surface area (Å²) >= 11 is 1.23. The van der Waals surface area contributed by atoms with E-state index in [-0.39, 0.29) is 5.12 Å². The third kappa shape index (κ3) is 3.27. The zero-order chi connectivity index (χ0) is 14.7. The fourth-order valence-electron chi connectivity index (χ4n) is 2.77. The zero-order valence-corrected chi connectivity index (χ0v) is 12.7. The highest BCUT2D eigenvalue weighted by atomic mass is 32.2. The van der Waals surface area contributed by atoms with E-state index in [1.807, 2.05) is 24.3 Å². The Morgan fingerprint density at radius 3 is 3.05 bits per heavy atom. The van der Waals surface area contributed by atoms with Gasteiger partial charge in [-0.05, 0) is 65.9 Å². The van der Waals surface area contributed by atoms with E-state index in [1.165, 1.54) is 22.9 Å². The molecule has 0 bridgehead atoms. The monoisotopic (exact) mass is 299 g/mol. The summed E-state index contributed by atoms with van der Waals surface area (Å²) in [6.07, 6.45) is 4.36. The van der Waals surface area contributed by atoms with Crippen molar-refractivity contribution in [3.8, 4) is 5.75 Å². The maximum Gasteiger partial charge on any atom is 0.195 e. The molecule has 0 radical (unpaired) electrons. The highest BCUT2D eigenvalue weighted by molar-refractivity contribution is 8.13. The van der Waals surface area contributed by atoms with Gasteiger partial charge in [0, 0.05) is 12.6 Å². The first-order valence-corrected chi connectivity index (χ1v) is 7.86. The standard InChI is InChI=1S/C17H17NO2S/c1-20-14-8-7-12-5-6-13(15(12)11-14)10-17(19)21-16-4-2-3-9-18-16/h2-4,7-9,11,13H,5-6,10H2,1H3/t13-/m1/s1. The SMILES string of the molecule is COc1ccc2c(c1)[C@@H](CC(=O)Sc1ccccn1)CC2. The maximum absolute atomic E-state index is 12.2. The number of aryl methyl sites for hydroxylation is 1. The molecule has 1 atom stereocenters. The van der Waals surface area contributed by atoms with Gasteiger partial charge in [-0.15, -0.1) is 0 Å². The molecule has 2 aromatic rings. The van der Waals surface area contributed by atoms with Gasteiger partial charge in [0.15, 0.2) is 5.12 Å². The second kappa shape index (κ2) is 6.31. The largest absolute Gasteiger partial charge is 0.497 e. The molecule has 0 aliphatic heterocycles. The Labute approximate surface area is 128 Å². The number of benzene rings is 1. The summed E-state index contributed by atoms with van der Waals surface area (Å²) in [6.45, 7) is 0. The lowest BCUT2D eigenvalue weighted by atomic mass is 9.98. The number of hydrogen-bond donors (Lipinski definition) is 0. The number of pyridine rings is 1. The molecule has 0 saturated heterocycles. The lowest BCUT2D eigenvalue weighted by Crippen LogP contribution is -2.02. The smallest absolute Gasteiger partial charge is 0.195 e. The van der Waals surface area contributed by atoms with Crippen molar-refractivity contribution in [2.24, 2.45) is 0 Å². The highest BCUT2D eigenvalue weighted by Gasteiger charge is 2.25. The van der Waals surface area contributed by atoms with Crippen LogP contribution in [0.1, 0.15) is 29.9 Å². The Morgan fingerprint density at radius 2 is 2.29 bits per heavy atom. The molecule has 108 valence electrons. The first-order valence-electron chi connectivity index (χ1n) is 7.05. The van der Waals surface area contributed by atoms with E-state index in [1.54, 1.807) is 13.3 Å². The van der Waals surface area contributed by atoms with Gasteiger partial charge in [0.05, 0.1) is 7.11 Å². The minimum Gasteiger partial charge on any atom is -0.497 e. The van der Waals surface area contributed by atoms with Gasteiger partial charge >= 0.3 is 0 Å². The van der Waals surface area contributed by atoms with Crippen LogP contribution in [0.4, 0.5) is 0 Å². The van der Waals surface area contributed by atoms with Crippen molar-refractivity contribution in [2.45, 2.75) is 30.2 Å². The average Bonchev–Trinajstić information content (AvgIpc) is 2.90. The van der Waals surface area contributed by atoms with Crippen LogP contribution in [-0.4, -0.2) is 17.2 Å². The highest BCUT2D eigenvalue weighted by Crippen LogP contribution is 2.38. The van der Waals surface area contributed by atoms with Gasteiger partial charge in [-0.2, -0.15) is 0 Å². The van der Waals surface area contributed by atoms with Crippen LogP contribution in [0.5, 0.6) is 5.75 Å². The predicted molar refractivity (Wildman–Crippen MR) is 83.8 cm³/mol. The van der Waals surface area contributed by atoms with Crippen molar-refractivity contribution in [2.75, 3.05) is 7.11 Å². The molecule has 4 heteroatoms. The summed E-state index contributed by atoms with van der Waals surface area (Å²) in [5.74, 6) is 1.17. The van der Waals surface area contributed by atoms with Crippen molar-refractivity contribution in [1.29, 1.82) is 0 Å². The molecule has 0 unspecified atom stereocenters. The summed E-state index contributed by atoms with van der Waals surface area (Å²) in [5, 5.41) is 0.945. The van der Waals surface area contributed by atoms with Gasteiger partial charge in [0.1, 0.15) is 10.8 Å². The number of nitrogens with zero attached hydrogens (tertiary/aromatic N) is 1. The Kier molecular flexibility index (Phi) is 4.25. The summed E-state index contributed by atoms with van der Waals surface area (Å²) in [4.78, 5) is 16.4. The molecule has 0 fully saturated rings. The molecule has 1 aromatic carbocycles. The van der Waals surface area contributed by atoms with E-state index in [9.17, 15) is 4.79 Å². The number of thioether (sulfide) groups is 1. The molecule has 1 aromatic heterocycles. The van der Waals surface area contributed by atoms with Gasteiger partial charge in [-0.1, -0.05) is 12.1 Å². The van der Waals surface area contributed by atoms with Crippen LogP contribution < -0.4 is 4.74 Å².